The molecule has 1 aliphatic heterocycles. The quantitative estimate of drug-likeness (QED) is 0.535. The molecule has 186 valence electrons. The summed E-state index contributed by atoms with van der Waals surface area (Å²) in [4.78, 5) is 27.4. The minimum Gasteiger partial charge on any atom is -0.444 e. The van der Waals surface area contributed by atoms with Gasteiger partial charge in [0.1, 0.15) is 5.60 Å². The zero-order valence-corrected chi connectivity index (χ0v) is 23.0. The fourth-order valence-electron chi connectivity index (χ4n) is 3.40. The van der Waals surface area contributed by atoms with Gasteiger partial charge in [0, 0.05) is 36.8 Å². The number of rotatable bonds is 7. The minimum absolute atomic E-state index is 0.0590. The van der Waals surface area contributed by atoms with E-state index in [0.29, 0.717) is 30.2 Å². The van der Waals surface area contributed by atoms with Crippen molar-refractivity contribution >= 4 is 31.9 Å². The molecule has 1 heterocycles. The molecule has 1 aromatic carbocycles. The predicted octanol–water partition coefficient (Wildman–Crippen LogP) is 4.67. The highest BCUT2D eigenvalue weighted by Gasteiger charge is 2.44. The number of hydrogen-bond acceptors (Lipinski definition) is 5. The fraction of sp³-hybridized carbons (Fsp3) is 0.667. The van der Waals surface area contributed by atoms with Crippen LogP contribution in [0.25, 0.3) is 0 Å². The van der Waals surface area contributed by atoms with E-state index in [9.17, 15) is 9.59 Å². The van der Waals surface area contributed by atoms with Crippen molar-refractivity contribution < 1.29 is 18.8 Å². The van der Waals surface area contributed by atoms with Crippen LogP contribution in [0.5, 0.6) is 0 Å². The second kappa shape index (κ2) is 10.8. The SMILES string of the molecule is CC(C)(C)OC(=O)NCCN(C(=O)c1ccc(Cl)cc1)C1CNCC1O[Si](C)(C)C(C)(C)C. The molecule has 33 heavy (non-hydrogen) atoms. The maximum Gasteiger partial charge on any atom is 0.407 e. The van der Waals surface area contributed by atoms with Gasteiger partial charge in [-0.05, 0) is 63.2 Å². The van der Waals surface area contributed by atoms with Crippen LogP contribution in [0.1, 0.15) is 51.9 Å². The van der Waals surface area contributed by atoms with Crippen LogP contribution in [0.3, 0.4) is 0 Å². The summed E-state index contributed by atoms with van der Waals surface area (Å²) >= 11 is 6.02. The maximum absolute atomic E-state index is 13.5. The van der Waals surface area contributed by atoms with E-state index in [2.05, 4.69) is 44.5 Å². The van der Waals surface area contributed by atoms with E-state index in [-0.39, 0.29) is 29.6 Å². The van der Waals surface area contributed by atoms with Crippen LogP contribution in [0.2, 0.25) is 23.2 Å². The predicted molar refractivity (Wildman–Crippen MR) is 135 cm³/mol. The van der Waals surface area contributed by atoms with Crippen molar-refractivity contribution in [3.63, 3.8) is 0 Å². The number of alkyl carbamates (subject to hydrolysis) is 1. The van der Waals surface area contributed by atoms with E-state index in [0.717, 1.165) is 0 Å². The topological polar surface area (TPSA) is 79.9 Å². The van der Waals surface area contributed by atoms with Crippen LogP contribution < -0.4 is 10.6 Å². The molecule has 9 heteroatoms. The maximum atomic E-state index is 13.5. The lowest BCUT2D eigenvalue weighted by atomic mass is 10.1. The largest absolute Gasteiger partial charge is 0.444 e. The van der Waals surface area contributed by atoms with Crippen LogP contribution in [-0.4, -0.2) is 69.1 Å². The average molecular weight is 498 g/mol. The highest BCUT2D eigenvalue weighted by molar-refractivity contribution is 6.74. The van der Waals surface area contributed by atoms with Crippen molar-refractivity contribution in [2.75, 3.05) is 26.2 Å². The third kappa shape index (κ3) is 7.98. The van der Waals surface area contributed by atoms with Gasteiger partial charge >= 0.3 is 6.09 Å². The summed E-state index contributed by atoms with van der Waals surface area (Å²) < 4.78 is 12.0. The van der Waals surface area contributed by atoms with Crippen molar-refractivity contribution in [2.45, 2.75) is 77.4 Å². The summed E-state index contributed by atoms with van der Waals surface area (Å²) in [5, 5.41) is 6.79. The minimum atomic E-state index is -2.04. The first-order valence-electron chi connectivity index (χ1n) is 11.5. The average Bonchev–Trinajstić information content (AvgIpc) is 3.10. The number of carbonyl (C=O) groups excluding carboxylic acids is 2. The van der Waals surface area contributed by atoms with Gasteiger partial charge in [-0.2, -0.15) is 0 Å². The van der Waals surface area contributed by atoms with E-state index >= 15 is 0 Å². The summed E-state index contributed by atoms with van der Waals surface area (Å²) in [6.07, 6.45) is -0.622. The molecule has 0 bridgehead atoms. The Bertz CT molecular complexity index is 818. The Morgan fingerprint density at radius 1 is 1.12 bits per heavy atom. The highest BCUT2D eigenvalue weighted by atomic mass is 35.5. The number of benzene rings is 1. The van der Waals surface area contributed by atoms with E-state index in [1.807, 2.05) is 20.8 Å². The Kier molecular flexibility index (Phi) is 9.01. The van der Waals surface area contributed by atoms with Crippen LogP contribution in [-0.2, 0) is 9.16 Å². The Morgan fingerprint density at radius 2 is 1.73 bits per heavy atom. The van der Waals surface area contributed by atoms with Crippen molar-refractivity contribution in [2.24, 2.45) is 0 Å². The molecule has 0 aromatic heterocycles. The van der Waals surface area contributed by atoms with E-state index in [4.69, 9.17) is 20.8 Å². The third-order valence-electron chi connectivity index (χ3n) is 6.15. The van der Waals surface area contributed by atoms with Crippen LogP contribution >= 0.6 is 11.6 Å². The zero-order valence-electron chi connectivity index (χ0n) is 21.3. The molecule has 2 unspecified atom stereocenters. The van der Waals surface area contributed by atoms with Crippen molar-refractivity contribution in [3.05, 3.63) is 34.9 Å². The van der Waals surface area contributed by atoms with Gasteiger partial charge in [-0.15, -0.1) is 0 Å². The van der Waals surface area contributed by atoms with Crippen molar-refractivity contribution in [3.8, 4) is 0 Å². The van der Waals surface area contributed by atoms with E-state index in [1.54, 1.807) is 29.2 Å². The molecule has 1 aliphatic rings. The fourth-order valence-corrected chi connectivity index (χ4v) is 4.87. The standard InChI is InChI=1S/C24H40ClN3O4Si/c1-23(2,3)31-22(30)27-13-14-28(21(29)17-9-11-18(25)12-10-17)19-15-26-16-20(19)32-33(7,8)24(4,5)6/h9-12,19-20,26H,13-16H2,1-8H3,(H,27,30). The van der Waals surface area contributed by atoms with Crippen LogP contribution in [0, 0.1) is 0 Å². The molecule has 2 N–H and O–H groups in total. The molecule has 7 nitrogen and oxygen atoms in total. The molecule has 1 aromatic rings. The molecule has 0 spiro atoms. The van der Waals surface area contributed by atoms with Gasteiger partial charge in [-0.1, -0.05) is 32.4 Å². The molecule has 2 amide bonds. The lowest BCUT2D eigenvalue weighted by molar-refractivity contribution is 0.0458. The Labute approximate surface area is 204 Å². The lowest BCUT2D eigenvalue weighted by Crippen LogP contribution is -2.54. The molecule has 1 saturated heterocycles. The molecule has 1 fully saturated rings. The number of halogens is 1. The number of amides is 2. The van der Waals surface area contributed by atoms with Gasteiger partial charge in [0.15, 0.2) is 8.32 Å². The molecule has 0 saturated carbocycles. The first-order valence-corrected chi connectivity index (χ1v) is 14.8. The zero-order chi connectivity index (χ0) is 25.0. The molecule has 2 atom stereocenters. The Morgan fingerprint density at radius 3 is 2.27 bits per heavy atom. The normalized spacial score (nSPS) is 19.3. The smallest absolute Gasteiger partial charge is 0.407 e. The first kappa shape index (κ1) is 27.6. The first-order chi connectivity index (χ1) is 15.1. The van der Waals surface area contributed by atoms with Gasteiger partial charge in [0.2, 0.25) is 0 Å². The number of hydrogen-bond donors (Lipinski definition) is 2. The number of nitrogens with zero attached hydrogens (tertiary/aromatic N) is 1. The second-order valence-corrected chi connectivity index (χ2v) is 16.3. The third-order valence-corrected chi connectivity index (χ3v) is 10.9. The summed E-state index contributed by atoms with van der Waals surface area (Å²) in [7, 11) is -2.04. The number of carbonyl (C=O) groups is 2. The molecular formula is C24H40ClN3O4Si. The number of ether oxygens (including phenoxy) is 1. The summed E-state index contributed by atoms with van der Waals surface area (Å²) in [5.41, 5.74) is -0.0324. The van der Waals surface area contributed by atoms with E-state index in [1.165, 1.54) is 0 Å². The molecule has 2 rings (SSSR count). The van der Waals surface area contributed by atoms with Crippen LogP contribution in [0.4, 0.5) is 4.79 Å². The van der Waals surface area contributed by atoms with Gasteiger partial charge in [-0.3, -0.25) is 4.79 Å². The van der Waals surface area contributed by atoms with Crippen molar-refractivity contribution in [1.29, 1.82) is 0 Å². The summed E-state index contributed by atoms with van der Waals surface area (Å²) in [6, 6.07) is 6.73. The van der Waals surface area contributed by atoms with Gasteiger partial charge in [-0.25, -0.2) is 4.79 Å². The second-order valence-electron chi connectivity index (χ2n) is 11.1. The van der Waals surface area contributed by atoms with Gasteiger partial charge in [0.25, 0.3) is 5.91 Å². The monoisotopic (exact) mass is 497 g/mol. The van der Waals surface area contributed by atoms with Gasteiger partial charge < -0.3 is 24.7 Å². The Hall–Kier alpha value is -1.61. The van der Waals surface area contributed by atoms with E-state index < -0.39 is 20.0 Å². The summed E-state index contributed by atoms with van der Waals surface area (Å²) in [5.74, 6) is -0.116. The van der Waals surface area contributed by atoms with Crippen molar-refractivity contribution in [1.82, 2.24) is 15.5 Å². The molecular weight excluding hydrogens is 458 g/mol. The number of nitrogens with one attached hydrogen (secondary N) is 2. The van der Waals surface area contributed by atoms with Gasteiger partial charge in [0.05, 0.1) is 12.1 Å². The summed E-state index contributed by atoms with van der Waals surface area (Å²) in [6.45, 7) is 18.4. The molecule has 0 aliphatic carbocycles. The van der Waals surface area contributed by atoms with Crippen LogP contribution in [0.15, 0.2) is 24.3 Å². The highest BCUT2D eigenvalue weighted by Crippen LogP contribution is 2.38. The Balaban J connectivity index is 2.21. The lowest BCUT2D eigenvalue weighted by Gasteiger charge is -2.41. The molecule has 0 radical (unpaired) electrons.